The van der Waals surface area contributed by atoms with Gasteiger partial charge in [-0.25, -0.2) is 4.79 Å². The van der Waals surface area contributed by atoms with E-state index in [1.54, 1.807) is 13.8 Å². The van der Waals surface area contributed by atoms with Crippen LogP contribution in [-0.2, 0) is 20.9 Å². The molecular formula is C16H22N2O3. The maximum Gasteiger partial charge on any atom is 0.331 e. The van der Waals surface area contributed by atoms with Gasteiger partial charge in [0.1, 0.15) is 0 Å². The number of hydrogen-bond donors (Lipinski definition) is 1. The lowest BCUT2D eigenvalue weighted by atomic mass is 10.2. The Kier molecular flexibility index (Phi) is 6.46. The molecule has 0 aliphatic rings. The first-order valence-electron chi connectivity index (χ1n) is 6.73. The van der Waals surface area contributed by atoms with Gasteiger partial charge in [0.2, 0.25) is 0 Å². The highest BCUT2D eigenvalue weighted by Crippen LogP contribution is 2.11. The third kappa shape index (κ3) is 6.61. The maximum atomic E-state index is 11.6. The molecule has 0 fully saturated rings. The molecule has 114 valence electrons. The van der Waals surface area contributed by atoms with Crippen LogP contribution in [-0.4, -0.2) is 32.6 Å². The van der Waals surface area contributed by atoms with Crippen LogP contribution in [0.1, 0.15) is 19.4 Å². The molecule has 1 N–H and O–H groups in total. The average Bonchev–Trinajstić information content (AvgIpc) is 2.42. The van der Waals surface area contributed by atoms with E-state index in [1.807, 2.05) is 43.3 Å². The molecule has 21 heavy (non-hydrogen) atoms. The van der Waals surface area contributed by atoms with Crippen LogP contribution >= 0.6 is 0 Å². The van der Waals surface area contributed by atoms with Crippen molar-refractivity contribution in [1.29, 1.82) is 0 Å². The van der Waals surface area contributed by atoms with Gasteiger partial charge in [0.05, 0.1) is 0 Å². The number of esters is 1. The minimum Gasteiger partial charge on any atom is -0.452 e. The van der Waals surface area contributed by atoms with Crippen molar-refractivity contribution in [1.82, 2.24) is 5.32 Å². The van der Waals surface area contributed by atoms with Crippen LogP contribution in [0, 0.1) is 0 Å². The number of nitrogens with zero attached hydrogens (tertiary/aromatic N) is 1. The van der Waals surface area contributed by atoms with Crippen molar-refractivity contribution in [2.75, 3.05) is 25.6 Å². The number of anilines is 1. The molecule has 0 heterocycles. The number of benzene rings is 1. The molecule has 0 saturated carbocycles. The normalized spacial score (nSPS) is 9.71. The quantitative estimate of drug-likeness (QED) is 0.642. The summed E-state index contributed by atoms with van der Waals surface area (Å²) in [5.74, 6) is -0.817. The summed E-state index contributed by atoms with van der Waals surface area (Å²) in [5.41, 5.74) is 2.92. The largest absolute Gasteiger partial charge is 0.452 e. The maximum absolute atomic E-state index is 11.6. The molecular weight excluding hydrogens is 268 g/mol. The predicted molar refractivity (Wildman–Crippen MR) is 83.0 cm³/mol. The molecule has 0 bridgehead atoms. The summed E-state index contributed by atoms with van der Waals surface area (Å²) >= 11 is 0. The van der Waals surface area contributed by atoms with E-state index in [4.69, 9.17) is 4.74 Å². The lowest BCUT2D eigenvalue weighted by Crippen LogP contribution is -2.28. The second-order valence-electron chi connectivity index (χ2n) is 5.17. The number of nitrogens with one attached hydrogen (secondary N) is 1. The van der Waals surface area contributed by atoms with Crippen molar-refractivity contribution in [3.63, 3.8) is 0 Å². The lowest BCUT2D eigenvalue weighted by molar-refractivity contribution is -0.143. The Morgan fingerprint density at radius 1 is 1.19 bits per heavy atom. The van der Waals surface area contributed by atoms with Crippen LogP contribution in [0.2, 0.25) is 0 Å². The van der Waals surface area contributed by atoms with Gasteiger partial charge in [0.25, 0.3) is 5.91 Å². The molecule has 0 radical (unpaired) electrons. The number of carbonyl (C=O) groups is 2. The van der Waals surface area contributed by atoms with E-state index >= 15 is 0 Å². The highest BCUT2D eigenvalue weighted by atomic mass is 16.5. The first-order chi connectivity index (χ1) is 9.88. The second-order valence-corrected chi connectivity index (χ2v) is 5.17. The van der Waals surface area contributed by atoms with Crippen LogP contribution in [0.25, 0.3) is 0 Å². The summed E-state index contributed by atoms with van der Waals surface area (Å²) in [6.07, 6.45) is 1.35. The smallest absolute Gasteiger partial charge is 0.331 e. The zero-order chi connectivity index (χ0) is 15.8. The minimum atomic E-state index is -0.500. The summed E-state index contributed by atoms with van der Waals surface area (Å²) in [7, 11) is 3.94. The van der Waals surface area contributed by atoms with Crippen LogP contribution in [0.15, 0.2) is 35.9 Å². The van der Waals surface area contributed by atoms with Crippen LogP contribution in [0.5, 0.6) is 0 Å². The van der Waals surface area contributed by atoms with E-state index in [9.17, 15) is 9.59 Å². The predicted octanol–water partition coefficient (Wildman–Crippen LogP) is 1.88. The highest BCUT2D eigenvalue weighted by molar-refractivity contribution is 5.86. The van der Waals surface area contributed by atoms with E-state index in [0.717, 1.165) is 16.8 Å². The highest BCUT2D eigenvalue weighted by Gasteiger charge is 2.05. The molecule has 1 rings (SSSR count). The first kappa shape index (κ1) is 16.8. The average molecular weight is 290 g/mol. The summed E-state index contributed by atoms with van der Waals surface area (Å²) in [6, 6.07) is 7.86. The van der Waals surface area contributed by atoms with Crippen LogP contribution < -0.4 is 10.2 Å². The Balaban J connectivity index is 2.36. The third-order valence-electron chi connectivity index (χ3n) is 2.69. The van der Waals surface area contributed by atoms with Crippen molar-refractivity contribution in [2.45, 2.75) is 20.4 Å². The van der Waals surface area contributed by atoms with Gasteiger partial charge in [-0.1, -0.05) is 17.7 Å². The fourth-order valence-electron chi connectivity index (χ4n) is 1.58. The Hall–Kier alpha value is -2.30. The summed E-state index contributed by atoms with van der Waals surface area (Å²) in [4.78, 5) is 24.8. The van der Waals surface area contributed by atoms with Gasteiger partial charge >= 0.3 is 5.97 Å². The number of carbonyl (C=O) groups excluding carboxylic acids is 2. The molecule has 0 unspecified atom stereocenters. The van der Waals surface area contributed by atoms with Gasteiger partial charge in [0, 0.05) is 32.4 Å². The molecule has 0 spiro atoms. The van der Waals surface area contributed by atoms with Crippen molar-refractivity contribution >= 4 is 17.6 Å². The number of hydrogen-bond acceptors (Lipinski definition) is 4. The van der Waals surface area contributed by atoms with Crippen LogP contribution in [0.3, 0.4) is 0 Å². The Bertz CT molecular complexity index is 515. The zero-order valence-corrected chi connectivity index (χ0v) is 13.0. The van der Waals surface area contributed by atoms with Crippen molar-refractivity contribution < 1.29 is 14.3 Å². The minimum absolute atomic E-state index is 0.265. The number of allylic oxidation sites excluding steroid dienone is 1. The van der Waals surface area contributed by atoms with Crippen molar-refractivity contribution in [2.24, 2.45) is 0 Å². The summed E-state index contributed by atoms with van der Waals surface area (Å²) in [5, 5.41) is 2.71. The van der Waals surface area contributed by atoms with E-state index in [-0.39, 0.29) is 12.5 Å². The Morgan fingerprint density at radius 3 is 2.33 bits per heavy atom. The Labute approximate surface area is 125 Å². The summed E-state index contributed by atoms with van der Waals surface area (Å²) in [6.45, 7) is 3.72. The number of amides is 1. The molecule has 5 heteroatoms. The van der Waals surface area contributed by atoms with Gasteiger partial charge in [-0.2, -0.15) is 0 Å². The first-order valence-corrected chi connectivity index (χ1v) is 6.73. The molecule has 0 atom stereocenters. The molecule has 0 aliphatic heterocycles. The van der Waals surface area contributed by atoms with Crippen molar-refractivity contribution in [3.05, 3.63) is 41.5 Å². The van der Waals surface area contributed by atoms with Gasteiger partial charge in [-0.15, -0.1) is 0 Å². The van der Waals surface area contributed by atoms with Gasteiger partial charge in [-0.05, 0) is 31.5 Å². The fourth-order valence-corrected chi connectivity index (χ4v) is 1.58. The molecule has 0 aliphatic carbocycles. The third-order valence-corrected chi connectivity index (χ3v) is 2.69. The molecule has 0 saturated heterocycles. The molecule has 0 aromatic heterocycles. The van der Waals surface area contributed by atoms with Crippen molar-refractivity contribution in [3.8, 4) is 0 Å². The molecule has 1 aromatic carbocycles. The molecule has 5 nitrogen and oxygen atoms in total. The SMILES string of the molecule is CC(C)=CC(=O)OCC(=O)NCc1ccc(N(C)C)cc1. The Morgan fingerprint density at radius 2 is 1.81 bits per heavy atom. The van der Waals surface area contributed by atoms with Gasteiger partial charge in [-0.3, -0.25) is 4.79 Å². The molecule has 1 aromatic rings. The summed E-state index contributed by atoms with van der Waals surface area (Å²) < 4.78 is 4.82. The number of ether oxygens (including phenoxy) is 1. The van der Waals surface area contributed by atoms with E-state index in [1.165, 1.54) is 6.08 Å². The number of rotatable bonds is 6. The standard InChI is InChI=1S/C16H22N2O3/c1-12(2)9-16(20)21-11-15(19)17-10-13-5-7-14(8-6-13)18(3)4/h5-9H,10-11H2,1-4H3,(H,17,19). The van der Waals surface area contributed by atoms with Crippen LogP contribution in [0.4, 0.5) is 5.69 Å². The zero-order valence-electron chi connectivity index (χ0n) is 13.0. The van der Waals surface area contributed by atoms with E-state index in [2.05, 4.69) is 5.32 Å². The fraction of sp³-hybridized carbons (Fsp3) is 0.375. The van der Waals surface area contributed by atoms with E-state index in [0.29, 0.717) is 6.54 Å². The lowest BCUT2D eigenvalue weighted by Gasteiger charge is -2.12. The van der Waals surface area contributed by atoms with Gasteiger partial charge in [0.15, 0.2) is 6.61 Å². The van der Waals surface area contributed by atoms with E-state index < -0.39 is 5.97 Å². The second kappa shape index (κ2) is 8.09. The molecule has 1 amide bonds. The van der Waals surface area contributed by atoms with Gasteiger partial charge < -0.3 is 15.0 Å². The monoisotopic (exact) mass is 290 g/mol. The topological polar surface area (TPSA) is 58.6 Å².